The molecule has 5 rings (SSSR count). The van der Waals surface area contributed by atoms with Crippen LogP contribution in [0.2, 0.25) is 0 Å². The molecule has 1 aliphatic heterocycles. The summed E-state index contributed by atoms with van der Waals surface area (Å²) >= 11 is 0. The molecule has 61 heavy (non-hydrogen) atoms. The lowest BCUT2D eigenvalue weighted by Crippen LogP contribution is -2.60. The van der Waals surface area contributed by atoms with Crippen molar-refractivity contribution in [2.45, 2.75) is 103 Å². The molecule has 0 bridgehead atoms. The Hall–Kier alpha value is -6.25. The number of carbonyl (C=O) groups excluding carboxylic acids is 7. The van der Waals surface area contributed by atoms with Crippen molar-refractivity contribution < 1.29 is 43.0 Å². The highest BCUT2D eigenvalue weighted by molar-refractivity contribution is 5.97. The molecule has 1 heterocycles. The minimum Gasteiger partial charge on any atom is -0.467 e. The van der Waals surface area contributed by atoms with E-state index in [0.717, 1.165) is 27.8 Å². The van der Waals surface area contributed by atoms with Gasteiger partial charge in [0.25, 0.3) is 0 Å². The fourth-order valence-electron chi connectivity index (χ4n) is 7.79. The summed E-state index contributed by atoms with van der Waals surface area (Å²) in [5, 5.41) is 13.4. The number of ether oxygens (including phenoxy) is 2. The third kappa shape index (κ3) is 11.3. The molecule has 6 amide bonds. The summed E-state index contributed by atoms with van der Waals surface area (Å²) in [7, 11) is 1.23. The largest absolute Gasteiger partial charge is 0.467 e. The van der Waals surface area contributed by atoms with Gasteiger partial charge >= 0.3 is 12.1 Å². The lowest BCUT2D eigenvalue weighted by Gasteiger charge is -2.31. The van der Waals surface area contributed by atoms with Crippen LogP contribution in [0.5, 0.6) is 0 Å². The van der Waals surface area contributed by atoms with E-state index in [9.17, 15) is 33.6 Å². The molecular formula is C46H58N6O9. The number of esters is 1. The molecule has 6 atom stereocenters. The molecule has 326 valence electrons. The summed E-state index contributed by atoms with van der Waals surface area (Å²) in [6.45, 7) is 10.3. The van der Waals surface area contributed by atoms with Gasteiger partial charge in [-0.1, -0.05) is 107 Å². The zero-order valence-corrected chi connectivity index (χ0v) is 35.9. The average Bonchev–Trinajstić information content (AvgIpc) is 3.86. The van der Waals surface area contributed by atoms with E-state index in [1.54, 1.807) is 39.8 Å². The second-order valence-corrected chi connectivity index (χ2v) is 16.3. The van der Waals surface area contributed by atoms with Gasteiger partial charge in [-0.2, -0.15) is 0 Å². The van der Waals surface area contributed by atoms with Crippen LogP contribution in [0.1, 0.15) is 77.0 Å². The first kappa shape index (κ1) is 45.8. The molecule has 15 heteroatoms. The third-order valence-electron chi connectivity index (χ3n) is 11.2. The summed E-state index contributed by atoms with van der Waals surface area (Å²) in [5.41, 5.74) is 5.02. The molecule has 2 aliphatic rings. The van der Waals surface area contributed by atoms with Crippen LogP contribution >= 0.6 is 0 Å². The van der Waals surface area contributed by atoms with Crippen molar-refractivity contribution in [1.82, 2.24) is 31.5 Å². The van der Waals surface area contributed by atoms with E-state index >= 15 is 0 Å². The Kier molecular flexibility index (Phi) is 15.6. The number of methoxy groups -OCH3 is 1. The van der Waals surface area contributed by atoms with Crippen LogP contribution in [0.25, 0.3) is 11.1 Å². The van der Waals surface area contributed by atoms with Crippen LogP contribution in [0, 0.1) is 11.8 Å². The lowest BCUT2D eigenvalue weighted by molar-refractivity contribution is -0.147. The number of rotatable bonds is 17. The number of fused-ring (bicyclic) bond motifs is 3. The van der Waals surface area contributed by atoms with Crippen molar-refractivity contribution in [2.24, 2.45) is 11.8 Å². The number of hydrogen-bond donors (Lipinski definition) is 5. The number of amides is 6. The average molecular weight is 839 g/mol. The van der Waals surface area contributed by atoms with E-state index in [-0.39, 0.29) is 37.3 Å². The van der Waals surface area contributed by atoms with Gasteiger partial charge in [-0.25, -0.2) is 9.59 Å². The van der Waals surface area contributed by atoms with Crippen LogP contribution in [-0.4, -0.2) is 103 Å². The summed E-state index contributed by atoms with van der Waals surface area (Å²) < 4.78 is 10.4. The molecule has 0 unspecified atom stereocenters. The van der Waals surface area contributed by atoms with Gasteiger partial charge in [-0.3, -0.25) is 24.0 Å². The van der Waals surface area contributed by atoms with Crippen LogP contribution in [0.4, 0.5) is 4.79 Å². The number of nitrogens with zero attached hydrogens (tertiary/aromatic N) is 1. The van der Waals surface area contributed by atoms with Crippen LogP contribution in [0.15, 0.2) is 78.9 Å². The van der Waals surface area contributed by atoms with Crippen molar-refractivity contribution in [3.05, 3.63) is 95.6 Å². The minimum absolute atomic E-state index is 0.0623. The highest BCUT2D eigenvalue weighted by atomic mass is 16.5. The number of likely N-dealkylation sites (tertiary alicyclic amines) is 1. The number of hydrogen-bond acceptors (Lipinski definition) is 9. The van der Waals surface area contributed by atoms with E-state index in [1.807, 2.05) is 66.7 Å². The Labute approximate surface area is 357 Å². The minimum atomic E-state index is -1.12. The first-order chi connectivity index (χ1) is 29.1. The second-order valence-electron chi connectivity index (χ2n) is 16.3. The Bertz CT molecular complexity index is 2030. The van der Waals surface area contributed by atoms with Gasteiger partial charge in [0.1, 0.15) is 42.9 Å². The van der Waals surface area contributed by atoms with E-state index in [2.05, 4.69) is 26.6 Å². The molecule has 15 nitrogen and oxygen atoms in total. The quantitative estimate of drug-likeness (QED) is 0.126. The van der Waals surface area contributed by atoms with Crippen LogP contribution in [0.3, 0.4) is 0 Å². The van der Waals surface area contributed by atoms with Gasteiger partial charge in [0.2, 0.25) is 29.5 Å². The summed E-state index contributed by atoms with van der Waals surface area (Å²) in [6, 6.07) is 18.8. The molecule has 0 aromatic heterocycles. The highest BCUT2D eigenvalue weighted by Gasteiger charge is 2.40. The predicted octanol–water partition coefficient (Wildman–Crippen LogP) is 3.59. The number of alkyl carbamates (subject to hydrolysis) is 1. The van der Waals surface area contributed by atoms with E-state index < -0.39 is 77.8 Å². The van der Waals surface area contributed by atoms with Gasteiger partial charge in [-0.05, 0) is 66.3 Å². The van der Waals surface area contributed by atoms with Gasteiger partial charge in [0.15, 0.2) is 0 Å². The molecule has 0 spiro atoms. The molecule has 1 saturated heterocycles. The first-order valence-corrected chi connectivity index (χ1v) is 20.9. The predicted molar refractivity (Wildman–Crippen MR) is 228 cm³/mol. The fraction of sp³-hybridized carbons (Fsp3) is 0.457. The van der Waals surface area contributed by atoms with E-state index in [4.69, 9.17) is 9.47 Å². The first-order valence-electron chi connectivity index (χ1n) is 20.9. The molecule has 0 saturated carbocycles. The van der Waals surface area contributed by atoms with Gasteiger partial charge in [-0.15, -0.1) is 0 Å². The van der Waals surface area contributed by atoms with E-state index in [0.29, 0.717) is 12.8 Å². The number of carbonyl (C=O) groups is 7. The van der Waals surface area contributed by atoms with Gasteiger partial charge in [0, 0.05) is 18.9 Å². The fourth-order valence-corrected chi connectivity index (χ4v) is 7.79. The van der Waals surface area contributed by atoms with Gasteiger partial charge in [0.05, 0.1) is 7.11 Å². The van der Waals surface area contributed by atoms with Crippen molar-refractivity contribution in [1.29, 1.82) is 0 Å². The monoisotopic (exact) mass is 838 g/mol. The maximum Gasteiger partial charge on any atom is 0.407 e. The van der Waals surface area contributed by atoms with Crippen LogP contribution in [-0.2, 0) is 44.7 Å². The summed E-state index contributed by atoms with van der Waals surface area (Å²) in [4.78, 5) is 95.0. The summed E-state index contributed by atoms with van der Waals surface area (Å²) in [5.74, 6) is -4.31. The lowest BCUT2D eigenvalue weighted by atomic mass is 9.98. The molecule has 1 aliphatic carbocycles. The number of benzene rings is 3. The van der Waals surface area contributed by atoms with Gasteiger partial charge < -0.3 is 41.0 Å². The third-order valence-corrected chi connectivity index (χ3v) is 11.2. The second kappa shape index (κ2) is 20.8. The zero-order chi connectivity index (χ0) is 44.4. The highest BCUT2D eigenvalue weighted by Crippen LogP contribution is 2.44. The Morgan fingerprint density at radius 2 is 1.21 bits per heavy atom. The van der Waals surface area contributed by atoms with Crippen molar-refractivity contribution in [2.75, 3.05) is 20.3 Å². The van der Waals surface area contributed by atoms with Crippen molar-refractivity contribution >= 4 is 41.6 Å². The molecule has 3 aromatic carbocycles. The maximum atomic E-state index is 14.3. The summed E-state index contributed by atoms with van der Waals surface area (Å²) in [6.07, 6.45) is 0.138. The molecule has 1 fully saturated rings. The molecule has 3 aromatic rings. The molecular weight excluding hydrogens is 781 g/mol. The molecule has 0 radical (unpaired) electrons. The topological polar surface area (TPSA) is 201 Å². The standard InChI is InChI=1S/C46H58N6O9/c1-26(2)38(43(56)51-39(27(3)4)45(58)60-7)50-42(55)37-22-15-23-52(37)44(57)36(24-30-16-9-8-10-17-30)49-41(54)28(5)47-40(53)29(6)48-46(59)61-25-35-33-20-13-11-18-31(33)32-19-12-14-21-34(32)35/h8-14,16-21,26-29,35-39H,15,22-25H2,1-7H3,(H,47,53)(H,48,59)(H,49,54)(H,50,55)(H,51,56)/t28-,29-,36-,37-,38-,39-/m0/s1. The molecule has 5 N–H and O–H groups in total. The SMILES string of the molecule is COC(=O)[C@@H](NC(=O)[C@@H](NC(=O)[C@@H]1CCCN1C(=O)[C@H](Cc1ccccc1)NC(=O)[C@H](C)NC(=O)[C@H](C)NC(=O)OCC1c2ccccc2-c2ccccc21)C(C)C)C(C)C. The Balaban J connectivity index is 1.19. The Morgan fingerprint density at radius 1 is 0.656 bits per heavy atom. The van der Waals surface area contributed by atoms with E-state index in [1.165, 1.54) is 25.9 Å². The normalized spacial score (nSPS) is 16.9. The number of nitrogens with one attached hydrogen (secondary N) is 5. The Morgan fingerprint density at radius 3 is 1.80 bits per heavy atom. The zero-order valence-electron chi connectivity index (χ0n) is 35.9. The van der Waals surface area contributed by atoms with Crippen LogP contribution < -0.4 is 26.6 Å². The van der Waals surface area contributed by atoms with Crippen molar-refractivity contribution in [3.8, 4) is 11.1 Å². The smallest absolute Gasteiger partial charge is 0.407 e. The maximum absolute atomic E-state index is 14.3. The van der Waals surface area contributed by atoms with Crippen molar-refractivity contribution in [3.63, 3.8) is 0 Å².